The van der Waals surface area contributed by atoms with Gasteiger partial charge in [-0.1, -0.05) is 25.0 Å². The highest BCUT2D eigenvalue weighted by molar-refractivity contribution is 5.96. The Bertz CT molecular complexity index is 1080. The van der Waals surface area contributed by atoms with E-state index >= 15 is 0 Å². The third-order valence-electron chi connectivity index (χ3n) is 6.85. The molecule has 4 rings (SSSR count). The summed E-state index contributed by atoms with van der Waals surface area (Å²) in [5, 5.41) is 14.1. The number of carbonyl (C=O) groups is 2. The predicted molar refractivity (Wildman–Crippen MR) is 126 cm³/mol. The van der Waals surface area contributed by atoms with Gasteiger partial charge in [-0.15, -0.1) is 0 Å². The van der Waals surface area contributed by atoms with Gasteiger partial charge in [-0.25, -0.2) is 4.39 Å². The van der Waals surface area contributed by atoms with Crippen LogP contribution in [-0.2, 0) is 4.79 Å². The molecule has 0 spiro atoms. The number of piperazine rings is 1. The number of carbonyl (C=O) groups excluding carboxylic acids is 2. The van der Waals surface area contributed by atoms with Crippen molar-refractivity contribution in [2.24, 2.45) is 5.92 Å². The zero-order chi connectivity index (χ0) is 24.2. The molecule has 1 atom stereocenters. The maximum Gasteiger partial charge on any atom is 0.273 e. The Morgan fingerprint density at radius 3 is 2.44 bits per heavy atom. The zero-order valence-electron chi connectivity index (χ0n) is 19.2. The normalized spacial score (nSPS) is 18.0. The van der Waals surface area contributed by atoms with Crippen LogP contribution in [0.3, 0.4) is 0 Å². The van der Waals surface area contributed by atoms with Gasteiger partial charge in [0.05, 0.1) is 11.0 Å². The lowest BCUT2D eigenvalue weighted by Gasteiger charge is -2.40. The monoisotopic (exact) mass is 468 g/mol. The van der Waals surface area contributed by atoms with Gasteiger partial charge in [0.1, 0.15) is 5.82 Å². The van der Waals surface area contributed by atoms with E-state index in [0.717, 1.165) is 25.7 Å². The lowest BCUT2D eigenvalue weighted by molar-refractivity contribution is -0.385. The van der Waals surface area contributed by atoms with Crippen LogP contribution in [0.25, 0.3) is 0 Å². The quantitative estimate of drug-likeness (QED) is 0.511. The first-order valence-corrected chi connectivity index (χ1v) is 11.7. The van der Waals surface area contributed by atoms with Gasteiger partial charge >= 0.3 is 0 Å². The minimum atomic E-state index is -0.479. The van der Waals surface area contributed by atoms with E-state index in [2.05, 4.69) is 10.2 Å². The van der Waals surface area contributed by atoms with Crippen LogP contribution in [0.1, 0.15) is 41.6 Å². The number of rotatable bonds is 6. The Hall–Kier alpha value is -3.33. The van der Waals surface area contributed by atoms with E-state index in [9.17, 15) is 24.1 Å². The molecule has 34 heavy (non-hydrogen) atoms. The van der Waals surface area contributed by atoms with Gasteiger partial charge in [-0.2, -0.15) is 0 Å². The fourth-order valence-electron chi connectivity index (χ4n) is 5.06. The second kappa shape index (κ2) is 10.3. The van der Waals surface area contributed by atoms with Gasteiger partial charge in [0.2, 0.25) is 5.91 Å². The lowest BCUT2D eigenvalue weighted by atomic mass is 9.94. The number of nitrogens with zero attached hydrogens (tertiary/aromatic N) is 3. The number of benzene rings is 2. The van der Waals surface area contributed by atoms with Crippen molar-refractivity contribution >= 4 is 23.2 Å². The van der Waals surface area contributed by atoms with Crippen LogP contribution in [-0.4, -0.2) is 58.8 Å². The summed E-state index contributed by atoms with van der Waals surface area (Å²) in [7, 11) is 0. The molecule has 0 radical (unpaired) electrons. The second-order valence-corrected chi connectivity index (χ2v) is 9.08. The van der Waals surface area contributed by atoms with Crippen molar-refractivity contribution in [3.05, 3.63) is 69.5 Å². The molecule has 1 N–H and O–H groups in total. The van der Waals surface area contributed by atoms with Crippen molar-refractivity contribution in [3.63, 3.8) is 0 Å². The number of halogens is 1. The highest BCUT2D eigenvalue weighted by atomic mass is 19.1. The van der Waals surface area contributed by atoms with Crippen molar-refractivity contribution < 1.29 is 18.9 Å². The molecule has 1 aliphatic heterocycles. The Balaban J connectivity index is 1.44. The molecule has 2 amide bonds. The first kappa shape index (κ1) is 23.8. The summed E-state index contributed by atoms with van der Waals surface area (Å²) in [6.07, 6.45) is 4.10. The number of nitro benzene ring substituents is 1. The van der Waals surface area contributed by atoms with Crippen molar-refractivity contribution in [2.75, 3.05) is 31.5 Å². The number of aryl methyl sites for hydroxylation is 1. The molecule has 1 saturated carbocycles. The molecule has 0 unspecified atom stereocenters. The zero-order valence-corrected chi connectivity index (χ0v) is 19.2. The van der Waals surface area contributed by atoms with Crippen molar-refractivity contribution in [3.8, 4) is 0 Å². The van der Waals surface area contributed by atoms with E-state index in [4.69, 9.17) is 0 Å². The van der Waals surface area contributed by atoms with Crippen LogP contribution >= 0.6 is 0 Å². The van der Waals surface area contributed by atoms with Gasteiger partial charge in [-0.3, -0.25) is 24.6 Å². The first-order valence-electron chi connectivity index (χ1n) is 11.7. The summed E-state index contributed by atoms with van der Waals surface area (Å²) in [5.74, 6) is -0.579. The molecule has 2 aromatic carbocycles. The molecule has 1 saturated heterocycles. The topological polar surface area (TPSA) is 95.8 Å². The minimum absolute atomic E-state index is 0.0696. The fraction of sp³-hybridized carbons (Fsp3) is 0.440. The Morgan fingerprint density at radius 1 is 1.09 bits per heavy atom. The summed E-state index contributed by atoms with van der Waals surface area (Å²) >= 11 is 0. The van der Waals surface area contributed by atoms with E-state index in [-0.39, 0.29) is 29.5 Å². The summed E-state index contributed by atoms with van der Waals surface area (Å²) in [6.45, 7) is 3.55. The highest BCUT2D eigenvalue weighted by Crippen LogP contribution is 2.32. The molecule has 1 heterocycles. The SMILES string of the molecule is Cc1ccc(C(=O)N2CCN([C@H](C(=O)Nc3cccc(F)c3)C3CCCC3)CC2)cc1[N+](=O)[O-]. The number of nitro groups is 1. The molecule has 2 aliphatic rings. The average Bonchev–Trinajstić information content (AvgIpc) is 3.33. The van der Waals surface area contributed by atoms with Crippen molar-refractivity contribution in [2.45, 2.75) is 38.6 Å². The molecule has 0 aromatic heterocycles. The molecular weight excluding hydrogens is 439 g/mol. The van der Waals surface area contributed by atoms with Crippen LogP contribution in [0, 0.1) is 28.8 Å². The van der Waals surface area contributed by atoms with Gasteiger partial charge in [-0.05, 0) is 49.9 Å². The van der Waals surface area contributed by atoms with E-state index < -0.39 is 10.7 Å². The van der Waals surface area contributed by atoms with Crippen LogP contribution < -0.4 is 5.32 Å². The summed E-state index contributed by atoms with van der Waals surface area (Å²) < 4.78 is 13.6. The Kier molecular flexibility index (Phi) is 7.21. The van der Waals surface area contributed by atoms with E-state index in [0.29, 0.717) is 43.0 Å². The van der Waals surface area contributed by atoms with Crippen LogP contribution in [0.5, 0.6) is 0 Å². The van der Waals surface area contributed by atoms with Gasteiger partial charge in [0.25, 0.3) is 11.6 Å². The van der Waals surface area contributed by atoms with Crippen LogP contribution in [0.15, 0.2) is 42.5 Å². The number of nitrogens with one attached hydrogen (secondary N) is 1. The third-order valence-corrected chi connectivity index (χ3v) is 6.85. The fourth-order valence-corrected chi connectivity index (χ4v) is 5.06. The van der Waals surface area contributed by atoms with Crippen LogP contribution in [0.4, 0.5) is 15.8 Å². The third kappa shape index (κ3) is 5.25. The van der Waals surface area contributed by atoms with E-state index in [1.165, 1.54) is 18.2 Å². The first-order chi connectivity index (χ1) is 16.3. The van der Waals surface area contributed by atoms with Crippen LogP contribution in [0.2, 0.25) is 0 Å². The summed E-state index contributed by atoms with van der Waals surface area (Å²) in [6, 6.07) is 10.1. The predicted octanol–water partition coefficient (Wildman–Crippen LogP) is 4.00. The van der Waals surface area contributed by atoms with E-state index in [1.54, 1.807) is 36.1 Å². The minimum Gasteiger partial charge on any atom is -0.336 e. The lowest BCUT2D eigenvalue weighted by Crippen LogP contribution is -2.56. The smallest absolute Gasteiger partial charge is 0.273 e. The van der Waals surface area contributed by atoms with E-state index in [1.807, 2.05) is 0 Å². The maximum atomic E-state index is 13.6. The Morgan fingerprint density at radius 2 is 1.79 bits per heavy atom. The maximum absolute atomic E-state index is 13.6. The highest BCUT2D eigenvalue weighted by Gasteiger charge is 2.37. The molecule has 0 bridgehead atoms. The molecule has 2 aromatic rings. The number of hydrogen-bond donors (Lipinski definition) is 1. The van der Waals surface area contributed by atoms with Gasteiger partial charge < -0.3 is 10.2 Å². The standard InChI is InChI=1S/C25H29FN4O4/c1-17-9-10-19(15-22(17)30(33)34)25(32)29-13-11-28(12-14-29)23(18-5-2-3-6-18)24(31)27-21-8-4-7-20(26)16-21/h4,7-10,15-16,18,23H,2-3,5-6,11-14H2,1H3,(H,27,31)/t23-/m0/s1. The Labute approximate surface area is 197 Å². The molecule has 2 fully saturated rings. The van der Waals surface area contributed by atoms with Crippen molar-refractivity contribution in [1.82, 2.24) is 9.80 Å². The summed E-state index contributed by atoms with van der Waals surface area (Å²) in [5.41, 5.74) is 1.17. The summed E-state index contributed by atoms with van der Waals surface area (Å²) in [4.78, 5) is 40.8. The molecule has 1 aliphatic carbocycles. The second-order valence-electron chi connectivity index (χ2n) is 9.08. The molecular formula is C25H29FN4O4. The van der Waals surface area contributed by atoms with Gasteiger partial charge in [0.15, 0.2) is 0 Å². The number of amides is 2. The number of hydrogen-bond acceptors (Lipinski definition) is 5. The molecule has 8 nitrogen and oxygen atoms in total. The average molecular weight is 469 g/mol. The molecule has 9 heteroatoms. The van der Waals surface area contributed by atoms with Gasteiger partial charge in [0, 0.05) is 49.1 Å². The largest absolute Gasteiger partial charge is 0.336 e. The molecule has 180 valence electrons. The van der Waals surface area contributed by atoms with Crippen molar-refractivity contribution in [1.29, 1.82) is 0 Å². The number of anilines is 1.